The molecule has 0 saturated carbocycles. The molecule has 0 aliphatic heterocycles. The van der Waals surface area contributed by atoms with Crippen molar-refractivity contribution >= 4 is 0 Å². The smallest absolute Gasteiger partial charge is 0.131 e. The first-order valence-corrected chi connectivity index (χ1v) is 6.00. The van der Waals surface area contributed by atoms with Crippen molar-refractivity contribution in [3.05, 3.63) is 35.4 Å². The number of halogens is 2. The van der Waals surface area contributed by atoms with E-state index in [1.54, 1.807) is 0 Å². The number of ether oxygens (including phenoxy) is 1. The summed E-state index contributed by atoms with van der Waals surface area (Å²) in [6.45, 7) is 5.19. The Morgan fingerprint density at radius 1 is 1.33 bits per heavy atom. The Balaban J connectivity index is 2.43. The molecular formula is C13H19F2NO2. The van der Waals surface area contributed by atoms with Gasteiger partial charge in [-0.1, -0.05) is 6.07 Å². The van der Waals surface area contributed by atoms with Gasteiger partial charge in [-0.2, -0.15) is 0 Å². The van der Waals surface area contributed by atoms with E-state index in [0.717, 1.165) is 12.1 Å². The van der Waals surface area contributed by atoms with Crippen molar-refractivity contribution in [1.82, 2.24) is 5.32 Å². The van der Waals surface area contributed by atoms with Gasteiger partial charge in [0.1, 0.15) is 11.6 Å². The molecule has 0 aliphatic carbocycles. The minimum atomic E-state index is -1.00. The molecule has 0 amide bonds. The molecule has 18 heavy (non-hydrogen) atoms. The van der Waals surface area contributed by atoms with Crippen LogP contribution in [0.1, 0.15) is 25.5 Å². The van der Waals surface area contributed by atoms with Gasteiger partial charge in [0, 0.05) is 31.3 Å². The molecule has 0 fully saturated rings. The minimum absolute atomic E-state index is 0.0280. The SMILES string of the molecule is CCOC(C)CNCC(O)c1ccc(F)cc1F. The lowest BCUT2D eigenvalue weighted by molar-refractivity contribution is 0.0722. The van der Waals surface area contributed by atoms with Crippen molar-refractivity contribution in [2.24, 2.45) is 0 Å². The summed E-state index contributed by atoms with van der Waals surface area (Å²) >= 11 is 0. The van der Waals surface area contributed by atoms with E-state index in [9.17, 15) is 13.9 Å². The van der Waals surface area contributed by atoms with Crippen LogP contribution < -0.4 is 5.32 Å². The van der Waals surface area contributed by atoms with Crippen molar-refractivity contribution in [3.8, 4) is 0 Å². The summed E-state index contributed by atoms with van der Waals surface area (Å²) in [6.07, 6.45) is -0.973. The number of aliphatic hydroxyl groups excluding tert-OH is 1. The molecule has 0 saturated heterocycles. The van der Waals surface area contributed by atoms with Crippen molar-refractivity contribution in [2.75, 3.05) is 19.7 Å². The van der Waals surface area contributed by atoms with Crippen LogP contribution in [0.5, 0.6) is 0 Å². The number of aliphatic hydroxyl groups is 1. The number of hydrogen-bond acceptors (Lipinski definition) is 3. The summed E-state index contributed by atoms with van der Waals surface area (Å²) in [7, 11) is 0. The molecule has 0 aliphatic rings. The van der Waals surface area contributed by atoms with E-state index < -0.39 is 17.7 Å². The molecule has 0 spiro atoms. The fraction of sp³-hybridized carbons (Fsp3) is 0.538. The third-order valence-electron chi connectivity index (χ3n) is 2.54. The maximum Gasteiger partial charge on any atom is 0.131 e. The summed E-state index contributed by atoms with van der Waals surface area (Å²) in [5.74, 6) is -1.39. The van der Waals surface area contributed by atoms with Crippen molar-refractivity contribution < 1.29 is 18.6 Å². The molecular weight excluding hydrogens is 240 g/mol. The average Bonchev–Trinajstić information content (AvgIpc) is 2.29. The minimum Gasteiger partial charge on any atom is -0.387 e. The second kappa shape index (κ2) is 7.41. The third-order valence-corrected chi connectivity index (χ3v) is 2.54. The quantitative estimate of drug-likeness (QED) is 0.787. The predicted octanol–water partition coefficient (Wildman–Crippen LogP) is 2.01. The monoisotopic (exact) mass is 259 g/mol. The van der Waals surface area contributed by atoms with E-state index in [4.69, 9.17) is 4.74 Å². The van der Waals surface area contributed by atoms with Crippen LogP contribution in [-0.4, -0.2) is 30.9 Å². The molecule has 2 unspecified atom stereocenters. The Labute approximate surface area is 106 Å². The van der Waals surface area contributed by atoms with Gasteiger partial charge in [-0.25, -0.2) is 8.78 Å². The van der Waals surface area contributed by atoms with Crippen LogP contribution in [0.2, 0.25) is 0 Å². The molecule has 1 rings (SSSR count). The molecule has 1 aromatic carbocycles. The number of nitrogens with one attached hydrogen (secondary N) is 1. The van der Waals surface area contributed by atoms with Gasteiger partial charge in [0.05, 0.1) is 12.2 Å². The van der Waals surface area contributed by atoms with Crippen molar-refractivity contribution in [3.63, 3.8) is 0 Å². The molecule has 0 heterocycles. The summed E-state index contributed by atoms with van der Waals surface area (Å²) < 4.78 is 31.4. The normalized spacial score (nSPS) is 14.5. The molecule has 2 N–H and O–H groups in total. The average molecular weight is 259 g/mol. The maximum atomic E-state index is 13.4. The van der Waals surface area contributed by atoms with Gasteiger partial charge >= 0.3 is 0 Å². The molecule has 1 aromatic rings. The van der Waals surface area contributed by atoms with Crippen LogP contribution in [-0.2, 0) is 4.74 Å². The second-order valence-corrected chi connectivity index (χ2v) is 4.11. The molecule has 0 aromatic heterocycles. The highest BCUT2D eigenvalue weighted by Gasteiger charge is 2.13. The highest BCUT2D eigenvalue weighted by molar-refractivity contribution is 5.21. The molecule has 3 nitrogen and oxygen atoms in total. The van der Waals surface area contributed by atoms with Gasteiger partial charge in [-0.15, -0.1) is 0 Å². The standard InChI is InChI=1S/C13H19F2NO2/c1-3-18-9(2)7-16-8-13(17)11-5-4-10(14)6-12(11)15/h4-6,9,13,16-17H,3,7-8H2,1-2H3. The Hall–Kier alpha value is -1.04. The van der Waals surface area contributed by atoms with Gasteiger partial charge < -0.3 is 15.2 Å². The van der Waals surface area contributed by atoms with Crippen molar-refractivity contribution in [1.29, 1.82) is 0 Å². The largest absolute Gasteiger partial charge is 0.387 e. The lowest BCUT2D eigenvalue weighted by atomic mass is 10.1. The highest BCUT2D eigenvalue weighted by Crippen LogP contribution is 2.17. The summed E-state index contributed by atoms with van der Waals surface area (Å²) in [6, 6.07) is 3.15. The summed E-state index contributed by atoms with van der Waals surface area (Å²) in [4.78, 5) is 0. The third kappa shape index (κ3) is 4.68. The zero-order valence-electron chi connectivity index (χ0n) is 10.6. The molecule has 2 atom stereocenters. The van der Waals surface area contributed by atoms with Crippen LogP contribution in [0.25, 0.3) is 0 Å². The number of rotatable bonds is 7. The second-order valence-electron chi connectivity index (χ2n) is 4.11. The Morgan fingerprint density at radius 2 is 2.06 bits per heavy atom. The topological polar surface area (TPSA) is 41.5 Å². The fourth-order valence-electron chi connectivity index (χ4n) is 1.65. The number of benzene rings is 1. The van der Waals surface area contributed by atoms with Gasteiger partial charge in [0.2, 0.25) is 0 Å². The first-order chi connectivity index (χ1) is 8.54. The Bertz CT molecular complexity index is 374. The zero-order valence-corrected chi connectivity index (χ0v) is 10.6. The van der Waals surface area contributed by atoms with Gasteiger partial charge in [0.15, 0.2) is 0 Å². The van der Waals surface area contributed by atoms with Gasteiger partial charge in [-0.3, -0.25) is 0 Å². The molecule has 5 heteroatoms. The molecule has 102 valence electrons. The Morgan fingerprint density at radius 3 is 2.67 bits per heavy atom. The van der Waals surface area contributed by atoms with Gasteiger partial charge in [0.25, 0.3) is 0 Å². The number of hydrogen-bond donors (Lipinski definition) is 2. The zero-order chi connectivity index (χ0) is 13.5. The van der Waals surface area contributed by atoms with E-state index in [1.807, 2.05) is 13.8 Å². The predicted molar refractivity (Wildman–Crippen MR) is 65.3 cm³/mol. The van der Waals surface area contributed by atoms with E-state index in [2.05, 4.69) is 5.32 Å². The van der Waals surface area contributed by atoms with Crippen LogP contribution in [0.15, 0.2) is 18.2 Å². The van der Waals surface area contributed by atoms with Crippen LogP contribution in [0, 0.1) is 11.6 Å². The summed E-state index contributed by atoms with van der Waals surface area (Å²) in [5.41, 5.74) is 0.0907. The fourth-order valence-corrected chi connectivity index (χ4v) is 1.65. The first kappa shape index (κ1) is 15.0. The highest BCUT2D eigenvalue weighted by atomic mass is 19.1. The summed E-state index contributed by atoms with van der Waals surface area (Å²) in [5, 5.41) is 12.7. The lowest BCUT2D eigenvalue weighted by Gasteiger charge is -2.16. The lowest BCUT2D eigenvalue weighted by Crippen LogP contribution is -2.30. The Kier molecular flexibility index (Phi) is 6.18. The van der Waals surface area contributed by atoms with E-state index in [1.165, 1.54) is 6.07 Å². The van der Waals surface area contributed by atoms with E-state index >= 15 is 0 Å². The molecule has 0 radical (unpaired) electrons. The van der Waals surface area contributed by atoms with Gasteiger partial charge in [-0.05, 0) is 19.9 Å². The first-order valence-electron chi connectivity index (χ1n) is 6.00. The van der Waals surface area contributed by atoms with E-state index in [-0.39, 0.29) is 18.2 Å². The van der Waals surface area contributed by atoms with Crippen LogP contribution >= 0.6 is 0 Å². The van der Waals surface area contributed by atoms with Crippen molar-refractivity contribution in [2.45, 2.75) is 26.1 Å². The van der Waals surface area contributed by atoms with E-state index in [0.29, 0.717) is 13.2 Å². The molecule has 0 bridgehead atoms. The van der Waals surface area contributed by atoms with Crippen LogP contribution in [0.4, 0.5) is 8.78 Å². The maximum absolute atomic E-state index is 13.4. The van der Waals surface area contributed by atoms with Crippen LogP contribution in [0.3, 0.4) is 0 Å².